The Hall–Kier alpha value is -3.56. The lowest BCUT2D eigenvalue weighted by molar-refractivity contribution is -0.139. The van der Waals surface area contributed by atoms with Crippen molar-refractivity contribution in [1.82, 2.24) is 10.2 Å². The highest BCUT2D eigenvalue weighted by molar-refractivity contribution is 7.92. The van der Waals surface area contributed by atoms with E-state index >= 15 is 0 Å². The zero-order valence-electron chi connectivity index (χ0n) is 23.4. The number of halogens is 1. The van der Waals surface area contributed by atoms with Crippen LogP contribution in [0.1, 0.15) is 38.3 Å². The standard InChI is InChI=1S/C30H36ClN3O5S/c1-6-21(2)32-30(36)23(4)33(19-24-12-10-13-25(18-24)39-5)29(35)20-34(28-17-11-16-27(31)22(28)3)40(37,38)26-14-8-7-9-15-26/h7-18,21,23H,6,19-20H2,1-5H3,(H,32,36)/t21-,23-/m1/s1. The average molecular weight is 586 g/mol. The molecule has 0 saturated carbocycles. The molecule has 0 unspecified atom stereocenters. The third kappa shape index (κ3) is 7.34. The number of nitrogens with zero attached hydrogens (tertiary/aromatic N) is 2. The van der Waals surface area contributed by atoms with Crippen molar-refractivity contribution in [3.05, 3.63) is 88.9 Å². The van der Waals surface area contributed by atoms with E-state index in [2.05, 4.69) is 5.32 Å². The zero-order valence-corrected chi connectivity index (χ0v) is 25.0. The number of methoxy groups -OCH3 is 1. The summed E-state index contributed by atoms with van der Waals surface area (Å²) < 4.78 is 34.2. The van der Waals surface area contributed by atoms with E-state index in [9.17, 15) is 18.0 Å². The van der Waals surface area contributed by atoms with Gasteiger partial charge in [-0.15, -0.1) is 0 Å². The monoisotopic (exact) mass is 585 g/mol. The largest absolute Gasteiger partial charge is 0.497 e. The van der Waals surface area contributed by atoms with Gasteiger partial charge in [-0.25, -0.2) is 8.42 Å². The first-order valence-electron chi connectivity index (χ1n) is 13.0. The van der Waals surface area contributed by atoms with Gasteiger partial charge in [0, 0.05) is 17.6 Å². The fourth-order valence-electron chi connectivity index (χ4n) is 4.11. The highest BCUT2D eigenvalue weighted by Crippen LogP contribution is 2.31. The molecule has 3 rings (SSSR count). The van der Waals surface area contributed by atoms with Gasteiger partial charge in [-0.3, -0.25) is 13.9 Å². The Labute approximate surface area is 241 Å². The number of ether oxygens (including phenoxy) is 1. The van der Waals surface area contributed by atoms with Gasteiger partial charge in [-0.05, 0) is 74.7 Å². The van der Waals surface area contributed by atoms with Gasteiger partial charge in [-0.1, -0.05) is 54.9 Å². The lowest BCUT2D eigenvalue weighted by atomic mass is 10.1. The van der Waals surface area contributed by atoms with Gasteiger partial charge >= 0.3 is 0 Å². The maximum atomic E-state index is 14.0. The quantitative estimate of drug-likeness (QED) is 0.316. The van der Waals surface area contributed by atoms with Crippen LogP contribution < -0.4 is 14.4 Å². The fourth-order valence-corrected chi connectivity index (χ4v) is 5.78. The minimum atomic E-state index is -4.17. The molecule has 0 aliphatic rings. The van der Waals surface area contributed by atoms with E-state index in [1.165, 1.54) is 17.0 Å². The van der Waals surface area contributed by atoms with Crippen molar-refractivity contribution in [2.75, 3.05) is 18.0 Å². The van der Waals surface area contributed by atoms with Crippen LogP contribution in [0, 0.1) is 6.92 Å². The first-order valence-corrected chi connectivity index (χ1v) is 14.9. The number of carbonyl (C=O) groups excluding carboxylic acids is 2. The number of sulfonamides is 1. The second-order valence-electron chi connectivity index (χ2n) is 9.58. The molecule has 0 aliphatic carbocycles. The molecule has 8 nitrogen and oxygen atoms in total. The molecule has 0 saturated heterocycles. The Kier molecular flexibility index (Phi) is 10.6. The van der Waals surface area contributed by atoms with Gasteiger partial charge in [0.1, 0.15) is 18.3 Å². The van der Waals surface area contributed by atoms with Gasteiger partial charge < -0.3 is 15.0 Å². The molecule has 10 heteroatoms. The number of amides is 2. The Balaban J connectivity index is 2.06. The lowest BCUT2D eigenvalue weighted by Crippen LogP contribution is -2.52. The SMILES string of the molecule is CC[C@@H](C)NC(=O)[C@@H](C)N(Cc1cccc(OC)c1)C(=O)CN(c1cccc(Cl)c1C)S(=O)(=O)c1ccccc1. The van der Waals surface area contributed by atoms with E-state index in [0.29, 0.717) is 16.3 Å². The summed E-state index contributed by atoms with van der Waals surface area (Å²) in [4.78, 5) is 28.6. The highest BCUT2D eigenvalue weighted by Gasteiger charge is 2.33. The van der Waals surface area contributed by atoms with E-state index < -0.39 is 28.5 Å². The van der Waals surface area contributed by atoms with Crippen LogP contribution in [0.2, 0.25) is 5.02 Å². The summed E-state index contributed by atoms with van der Waals surface area (Å²) in [6.45, 7) is 6.70. The molecule has 0 aromatic heterocycles. The number of nitrogens with one attached hydrogen (secondary N) is 1. The lowest BCUT2D eigenvalue weighted by Gasteiger charge is -2.33. The van der Waals surface area contributed by atoms with Crippen molar-refractivity contribution >= 4 is 39.1 Å². The first kappa shape index (κ1) is 31.0. The predicted molar refractivity (Wildman–Crippen MR) is 158 cm³/mol. The summed E-state index contributed by atoms with van der Waals surface area (Å²) in [5.41, 5.74) is 1.52. The average Bonchev–Trinajstić information content (AvgIpc) is 2.96. The molecule has 0 heterocycles. The van der Waals surface area contributed by atoms with Crippen molar-refractivity contribution in [2.24, 2.45) is 0 Å². The molecule has 0 spiro atoms. The molecule has 0 fully saturated rings. The number of anilines is 1. The van der Waals surface area contributed by atoms with Crippen LogP contribution in [0.3, 0.4) is 0 Å². The Bertz CT molecular complexity index is 1430. The Morgan fingerprint density at radius 2 is 1.68 bits per heavy atom. The maximum absolute atomic E-state index is 14.0. The summed E-state index contributed by atoms with van der Waals surface area (Å²) in [6.07, 6.45) is 0.722. The van der Waals surface area contributed by atoms with Crippen LogP contribution in [0.5, 0.6) is 5.75 Å². The van der Waals surface area contributed by atoms with Gasteiger partial charge in [0.25, 0.3) is 10.0 Å². The van der Waals surface area contributed by atoms with Crippen molar-refractivity contribution in [1.29, 1.82) is 0 Å². The van der Waals surface area contributed by atoms with Gasteiger partial charge in [0.15, 0.2) is 0 Å². The zero-order chi connectivity index (χ0) is 29.4. The predicted octanol–water partition coefficient (Wildman–Crippen LogP) is 5.18. The molecular formula is C30H36ClN3O5S. The molecular weight excluding hydrogens is 550 g/mol. The summed E-state index contributed by atoms with van der Waals surface area (Å²) in [5.74, 6) is -0.278. The minimum absolute atomic E-state index is 0.0316. The Morgan fingerprint density at radius 1 is 1.00 bits per heavy atom. The molecule has 3 aromatic rings. The molecule has 2 amide bonds. The van der Waals surface area contributed by atoms with Gasteiger partial charge in [0.05, 0.1) is 17.7 Å². The van der Waals surface area contributed by atoms with E-state index in [1.54, 1.807) is 75.6 Å². The Morgan fingerprint density at radius 3 is 2.33 bits per heavy atom. The summed E-state index contributed by atoms with van der Waals surface area (Å²) in [5, 5.41) is 3.29. The van der Waals surface area contributed by atoms with Crippen LogP contribution in [0.4, 0.5) is 5.69 Å². The fraction of sp³-hybridized carbons (Fsp3) is 0.333. The first-order chi connectivity index (χ1) is 19.0. The van der Waals surface area contributed by atoms with Crippen LogP contribution in [-0.4, -0.2) is 50.9 Å². The second-order valence-corrected chi connectivity index (χ2v) is 11.8. The third-order valence-corrected chi connectivity index (χ3v) is 8.96. The van der Waals surface area contributed by atoms with E-state index in [4.69, 9.17) is 16.3 Å². The van der Waals surface area contributed by atoms with Crippen LogP contribution in [0.25, 0.3) is 0 Å². The van der Waals surface area contributed by atoms with Crippen molar-refractivity contribution < 1.29 is 22.7 Å². The van der Waals surface area contributed by atoms with Crippen molar-refractivity contribution in [2.45, 2.75) is 57.6 Å². The highest BCUT2D eigenvalue weighted by atomic mass is 35.5. The molecule has 40 heavy (non-hydrogen) atoms. The molecule has 214 valence electrons. The van der Waals surface area contributed by atoms with Crippen LogP contribution in [0.15, 0.2) is 77.7 Å². The van der Waals surface area contributed by atoms with Crippen LogP contribution in [-0.2, 0) is 26.2 Å². The molecule has 3 aromatic carbocycles. The van der Waals surface area contributed by atoms with Crippen molar-refractivity contribution in [3.8, 4) is 5.75 Å². The minimum Gasteiger partial charge on any atom is -0.497 e. The molecule has 1 N–H and O–H groups in total. The second kappa shape index (κ2) is 13.7. The summed E-state index contributed by atoms with van der Waals surface area (Å²) in [6, 6.07) is 19.0. The summed E-state index contributed by atoms with van der Waals surface area (Å²) in [7, 11) is -2.62. The third-order valence-electron chi connectivity index (χ3n) is 6.77. The van der Waals surface area contributed by atoms with E-state index in [0.717, 1.165) is 16.3 Å². The molecule has 0 bridgehead atoms. The normalized spacial score (nSPS) is 12.8. The summed E-state index contributed by atoms with van der Waals surface area (Å²) >= 11 is 6.36. The molecule has 2 atom stereocenters. The van der Waals surface area contributed by atoms with Crippen molar-refractivity contribution in [3.63, 3.8) is 0 Å². The van der Waals surface area contributed by atoms with Gasteiger partial charge in [0.2, 0.25) is 11.8 Å². The number of hydrogen-bond donors (Lipinski definition) is 1. The molecule has 0 aliphatic heterocycles. The number of rotatable bonds is 12. The van der Waals surface area contributed by atoms with Crippen LogP contribution >= 0.6 is 11.6 Å². The molecule has 0 radical (unpaired) electrons. The smallest absolute Gasteiger partial charge is 0.264 e. The number of hydrogen-bond acceptors (Lipinski definition) is 5. The number of benzene rings is 3. The van der Waals surface area contributed by atoms with E-state index in [-0.39, 0.29) is 29.1 Å². The maximum Gasteiger partial charge on any atom is 0.264 e. The van der Waals surface area contributed by atoms with E-state index in [1.807, 2.05) is 19.9 Å². The van der Waals surface area contributed by atoms with Gasteiger partial charge in [-0.2, -0.15) is 0 Å². The number of carbonyl (C=O) groups is 2. The topological polar surface area (TPSA) is 96.0 Å².